The van der Waals surface area contributed by atoms with Gasteiger partial charge in [0.1, 0.15) is 0 Å². The minimum atomic E-state index is -0.468. The van der Waals surface area contributed by atoms with Crippen molar-refractivity contribution >= 4 is 11.8 Å². The number of piperidine rings is 1. The van der Waals surface area contributed by atoms with Crippen LogP contribution >= 0.6 is 0 Å². The lowest BCUT2D eigenvalue weighted by Crippen LogP contribution is -2.31. The van der Waals surface area contributed by atoms with Crippen molar-refractivity contribution < 1.29 is 14.3 Å². The summed E-state index contributed by atoms with van der Waals surface area (Å²) in [6, 6.07) is 14.5. The van der Waals surface area contributed by atoms with Crippen molar-refractivity contribution in [2.45, 2.75) is 25.7 Å². The lowest BCUT2D eigenvalue weighted by molar-refractivity contribution is 0.0597. The number of methoxy groups -OCH3 is 1. The predicted octanol–water partition coefficient (Wildman–Crippen LogP) is 3.73. The van der Waals surface area contributed by atoms with Crippen molar-refractivity contribution in [1.29, 1.82) is 0 Å². The van der Waals surface area contributed by atoms with Gasteiger partial charge in [-0.3, -0.25) is 4.79 Å². The average molecular weight is 351 g/mol. The van der Waals surface area contributed by atoms with Gasteiger partial charge in [0.05, 0.1) is 12.7 Å². The molecule has 4 heteroatoms. The van der Waals surface area contributed by atoms with Crippen molar-refractivity contribution in [1.82, 2.24) is 4.90 Å². The molecule has 0 spiro atoms. The number of esters is 1. The Morgan fingerprint density at radius 1 is 0.962 bits per heavy atom. The molecule has 0 amide bonds. The van der Waals surface area contributed by atoms with Gasteiger partial charge in [0, 0.05) is 17.7 Å². The van der Waals surface area contributed by atoms with E-state index in [1.165, 1.54) is 26.4 Å². The lowest BCUT2D eigenvalue weighted by Gasteiger charge is -2.26. The fourth-order valence-electron chi connectivity index (χ4n) is 3.44. The standard InChI is InChI=1S/C22H25NO3/c1-26-22(25)20-16-17(12-15-23-13-6-3-7-14-23)10-11-19(20)21(24)18-8-4-2-5-9-18/h2,4-5,8-11,16H,3,6-7,12-15H2,1H3. The van der Waals surface area contributed by atoms with Crippen LogP contribution in [0.5, 0.6) is 0 Å². The Labute approximate surface area is 154 Å². The Bertz CT molecular complexity index is 764. The molecule has 1 heterocycles. The molecule has 0 atom stereocenters. The Hall–Kier alpha value is -2.46. The van der Waals surface area contributed by atoms with Crippen LogP contribution in [-0.4, -0.2) is 43.4 Å². The van der Waals surface area contributed by atoms with Gasteiger partial charge in [-0.25, -0.2) is 4.79 Å². The van der Waals surface area contributed by atoms with Crippen LogP contribution in [0, 0.1) is 0 Å². The van der Waals surface area contributed by atoms with Crippen LogP contribution in [0.4, 0.5) is 0 Å². The number of hydrogen-bond donors (Lipinski definition) is 0. The van der Waals surface area contributed by atoms with E-state index in [0.29, 0.717) is 16.7 Å². The van der Waals surface area contributed by atoms with Crippen molar-refractivity contribution in [2.75, 3.05) is 26.7 Å². The highest BCUT2D eigenvalue weighted by molar-refractivity contribution is 6.14. The summed E-state index contributed by atoms with van der Waals surface area (Å²) in [5.74, 6) is -0.627. The highest BCUT2D eigenvalue weighted by Crippen LogP contribution is 2.19. The van der Waals surface area contributed by atoms with E-state index in [1.54, 1.807) is 18.2 Å². The van der Waals surface area contributed by atoms with Gasteiger partial charge in [0.25, 0.3) is 0 Å². The van der Waals surface area contributed by atoms with E-state index in [9.17, 15) is 9.59 Å². The molecule has 0 saturated carbocycles. The van der Waals surface area contributed by atoms with E-state index in [4.69, 9.17) is 4.74 Å². The molecule has 0 radical (unpaired) electrons. The monoisotopic (exact) mass is 351 g/mol. The third-order valence-electron chi connectivity index (χ3n) is 4.94. The van der Waals surface area contributed by atoms with Gasteiger partial charge in [-0.05, 0) is 50.0 Å². The predicted molar refractivity (Wildman–Crippen MR) is 102 cm³/mol. The summed E-state index contributed by atoms with van der Waals surface area (Å²) in [5, 5.41) is 0. The molecule has 1 aliphatic heterocycles. The molecule has 1 fully saturated rings. The van der Waals surface area contributed by atoms with Crippen LogP contribution in [0.15, 0.2) is 48.5 Å². The van der Waals surface area contributed by atoms with Gasteiger partial charge in [0.15, 0.2) is 5.78 Å². The topological polar surface area (TPSA) is 46.6 Å². The van der Waals surface area contributed by atoms with E-state index >= 15 is 0 Å². The second-order valence-corrected chi connectivity index (χ2v) is 6.72. The molecule has 0 aromatic heterocycles. The van der Waals surface area contributed by atoms with Crippen LogP contribution < -0.4 is 0 Å². The maximum Gasteiger partial charge on any atom is 0.338 e. The number of nitrogens with zero attached hydrogens (tertiary/aromatic N) is 1. The third-order valence-corrected chi connectivity index (χ3v) is 4.94. The molecule has 0 unspecified atom stereocenters. The maximum absolute atomic E-state index is 12.8. The lowest BCUT2D eigenvalue weighted by atomic mass is 9.95. The van der Waals surface area contributed by atoms with Crippen LogP contribution in [0.2, 0.25) is 0 Å². The second-order valence-electron chi connectivity index (χ2n) is 6.72. The van der Waals surface area contributed by atoms with Crippen LogP contribution in [-0.2, 0) is 11.2 Å². The summed E-state index contributed by atoms with van der Waals surface area (Å²) >= 11 is 0. The van der Waals surface area contributed by atoms with Gasteiger partial charge in [0.2, 0.25) is 0 Å². The minimum Gasteiger partial charge on any atom is -0.465 e. The van der Waals surface area contributed by atoms with E-state index < -0.39 is 5.97 Å². The first-order valence-electron chi connectivity index (χ1n) is 9.22. The van der Waals surface area contributed by atoms with Crippen LogP contribution in [0.25, 0.3) is 0 Å². The summed E-state index contributed by atoms with van der Waals surface area (Å²) < 4.78 is 4.91. The normalized spacial score (nSPS) is 14.8. The molecule has 0 aliphatic carbocycles. The fraction of sp³-hybridized carbons (Fsp3) is 0.364. The second kappa shape index (κ2) is 8.77. The number of hydrogen-bond acceptors (Lipinski definition) is 4. The summed E-state index contributed by atoms with van der Waals surface area (Å²) in [6.07, 6.45) is 4.71. The number of ketones is 1. The molecule has 0 bridgehead atoms. The largest absolute Gasteiger partial charge is 0.465 e. The Balaban J connectivity index is 1.81. The number of rotatable bonds is 6. The quantitative estimate of drug-likeness (QED) is 0.588. The molecule has 3 rings (SSSR count). The molecule has 26 heavy (non-hydrogen) atoms. The zero-order valence-corrected chi connectivity index (χ0v) is 15.2. The van der Waals surface area contributed by atoms with E-state index in [2.05, 4.69) is 4.90 Å². The van der Waals surface area contributed by atoms with E-state index in [-0.39, 0.29) is 5.78 Å². The van der Waals surface area contributed by atoms with Crippen molar-refractivity contribution in [3.63, 3.8) is 0 Å². The first kappa shape index (κ1) is 18.3. The Morgan fingerprint density at radius 3 is 2.38 bits per heavy atom. The van der Waals surface area contributed by atoms with Gasteiger partial charge in [-0.1, -0.05) is 42.8 Å². The molecule has 4 nitrogen and oxygen atoms in total. The zero-order valence-electron chi connectivity index (χ0n) is 15.2. The smallest absolute Gasteiger partial charge is 0.338 e. The van der Waals surface area contributed by atoms with Gasteiger partial charge >= 0.3 is 5.97 Å². The number of likely N-dealkylation sites (tertiary alicyclic amines) is 1. The summed E-state index contributed by atoms with van der Waals surface area (Å²) in [6.45, 7) is 3.27. The fourth-order valence-corrected chi connectivity index (χ4v) is 3.44. The number of benzene rings is 2. The zero-order chi connectivity index (χ0) is 18.4. The highest BCUT2D eigenvalue weighted by Gasteiger charge is 2.20. The molecule has 1 aliphatic rings. The molecule has 2 aromatic rings. The first-order chi connectivity index (χ1) is 12.7. The van der Waals surface area contributed by atoms with Crippen LogP contribution in [0.1, 0.15) is 51.1 Å². The van der Waals surface area contributed by atoms with Gasteiger partial charge < -0.3 is 9.64 Å². The van der Waals surface area contributed by atoms with Crippen molar-refractivity contribution in [3.05, 3.63) is 70.8 Å². The Kier molecular flexibility index (Phi) is 6.18. The number of ether oxygens (including phenoxy) is 1. The molecule has 2 aromatic carbocycles. The summed E-state index contributed by atoms with van der Waals surface area (Å²) in [4.78, 5) is 27.5. The SMILES string of the molecule is COC(=O)c1cc(CCN2CCCCC2)ccc1C(=O)c1ccccc1. The highest BCUT2D eigenvalue weighted by atomic mass is 16.5. The first-order valence-corrected chi connectivity index (χ1v) is 9.22. The molecule has 1 saturated heterocycles. The molecular formula is C22H25NO3. The van der Waals surface area contributed by atoms with E-state index in [0.717, 1.165) is 31.6 Å². The average Bonchev–Trinajstić information content (AvgIpc) is 2.72. The van der Waals surface area contributed by atoms with Crippen molar-refractivity contribution in [2.24, 2.45) is 0 Å². The van der Waals surface area contributed by atoms with Crippen LogP contribution in [0.3, 0.4) is 0 Å². The minimum absolute atomic E-state index is 0.159. The number of carbonyl (C=O) groups is 2. The number of carbonyl (C=O) groups excluding carboxylic acids is 2. The third kappa shape index (κ3) is 4.38. The van der Waals surface area contributed by atoms with E-state index in [1.807, 2.05) is 30.3 Å². The maximum atomic E-state index is 12.8. The molecular weight excluding hydrogens is 326 g/mol. The summed E-state index contributed by atoms with van der Waals surface area (Å²) in [7, 11) is 1.35. The van der Waals surface area contributed by atoms with Gasteiger partial charge in [-0.2, -0.15) is 0 Å². The molecule has 136 valence electrons. The Morgan fingerprint density at radius 2 is 1.69 bits per heavy atom. The summed E-state index contributed by atoms with van der Waals surface area (Å²) in [5.41, 5.74) is 2.36. The van der Waals surface area contributed by atoms with Gasteiger partial charge in [-0.15, -0.1) is 0 Å². The molecule has 0 N–H and O–H groups in total. The van der Waals surface area contributed by atoms with Crippen molar-refractivity contribution in [3.8, 4) is 0 Å².